The summed E-state index contributed by atoms with van der Waals surface area (Å²) in [5, 5.41) is 11.6. The van der Waals surface area contributed by atoms with Crippen molar-refractivity contribution in [2.24, 2.45) is 5.73 Å². The van der Waals surface area contributed by atoms with E-state index in [0.29, 0.717) is 26.9 Å². The zero-order valence-electron chi connectivity index (χ0n) is 11.6. The van der Waals surface area contributed by atoms with Crippen molar-refractivity contribution in [2.75, 3.05) is 5.32 Å². The third-order valence-electron chi connectivity index (χ3n) is 2.99. The summed E-state index contributed by atoms with van der Waals surface area (Å²) in [5.74, 6) is -0.267. The van der Waals surface area contributed by atoms with Gasteiger partial charge in [-0.3, -0.25) is 4.79 Å². The van der Waals surface area contributed by atoms with Crippen molar-refractivity contribution >= 4 is 40.8 Å². The Bertz CT molecular complexity index is 879. The van der Waals surface area contributed by atoms with Gasteiger partial charge in [0.1, 0.15) is 0 Å². The number of carbonyl (C=O) groups is 1. The van der Waals surface area contributed by atoms with Crippen LogP contribution in [-0.4, -0.2) is 16.1 Å². The van der Waals surface area contributed by atoms with E-state index in [1.54, 1.807) is 42.5 Å². The van der Waals surface area contributed by atoms with E-state index in [0.717, 1.165) is 0 Å². The fraction of sp³-hybridized carbons (Fsp3) is 0. The van der Waals surface area contributed by atoms with Gasteiger partial charge in [-0.25, -0.2) is 0 Å². The predicted molar refractivity (Wildman–Crippen MR) is 88.0 cm³/mol. The summed E-state index contributed by atoms with van der Waals surface area (Å²) in [6, 6.07) is 11.8. The van der Waals surface area contributed by atoms with Gasteiger partial charge in [0.25, 0.3) is 0 Å². The summed E-state index contributed by atoms with van der Waals surface area (Å²) in [5.41, 5.74) is 6.86. The molecule has 0 spiro atoms. The van der Waals surface area contributed by atoms with Crippen LogP contribution in [0.4, 0.5) is 11.7 Å². The number of halogens is 2. The van der Waals surface area contributed by atoms with Crippen molar-refractivity contribution in [3.63, 3.8) is 0 Å². The van der Waals surface area contributed by atoms with Crippen molar-refractivity contribution in [1.82, 2.24) is 10.2 Å². The van der Waals surface area contributed by atoms with Gasteiger partial charge in [0.2, 0.25) is 11.8 Å². The summed E-state index contributed by atoms with van der Waals surface area (Å²) in [4.78, 5) is 11.2. The first-order valence-corrected chi connectivity index (χ1v) is 7.24. The van der Waals surface area contributed by atoms with Gasteiger partial charge >= 0.3 is 6.01 Å². The fourth-order valence-corrected chi connectivity index (χ4v) is 2.19. The molecule has 3 N–H and O–H groups in total. The zero-order chi connectivity index (χ0) is 16.4. The van der Waals surface area contributed by atoms with E-state index in [2.05, 4.69) is 15.5 Å². The van der Waals surface area contributed by atoms with Crippen LogP contribution >= 0.6 is 23.2 Å². The summed E-state index contributed by atoms with van der Waals surface area (Å²) < 4.78 is 5.52. The average Bonchev–Trinajstić information content (AvgIpc) is 2.99. The molecule has 0 bridgehead atoms. The molecule has 1 aromatic heterocycles. The highest BCUT2D eigenvalue weighted by atomic mass is 35.5. The number of nitrogens with zero attached hydrogens (tertiary/aromatic N) is 2. The quantitative estimate of drug-likeness (QED) is 0.745. The monoisotopic (exact) mass is 348 g/mol. The molecule has 0 unspecified atom stereocenters. The molecular weight excluding hydrogens is 339 g/mol. The van der Waals surface area contributed by atoms with Crippen LogP contribution in [0, 0.1) is 0 Å². The van der Waals surface area contributed by atoms with Gasteiger partial charge in [-0.1, -0.05) is 34.4 Å². The number of hydrogen-bond acceptors (Lipinski definition) is 5. The van der Waals surface area contributed by atoms with Crippen molar-refractivity contribution in [3.8, 4) is 11.5 Å². The van der Waals surface area contributed by atoms with E-state index in [-0.39, 0.29) is 11.9 Å². The molecule has 0 aliphatic heterocycles. The molecule has 8 heteroatoms. The molecule has 2 aromatic carbocycles. The van der Waals surface area contributed by atoms with Crippen LogP contribution in [0.2, 0.25) is 10.0 Å². The maximum absolute atomic E-state index is 11.2. The highest BCUT2D eigenvalue weighted by Gasteiger charge is 2.11. The minimum atomic E-state index is -0.527. The van der Waals surface area contributed by atoms with Gasteiger partial charge in [0.15, 0.2) is 0 Å². The highest BCUT2D eigenvalue weighted by Crippen LogP contribution is 2.27. The van der Waals surface area contributed by atoms with Gasteiger partial charge in [-0.15, -0.1) is 5.10 Å². The number of nitrogens with two attached hydrogens (primary N) is 1. The molecule has 6 nitrogen and oxygen atoms in total. The standard InChI is InChI=1S/C15H10Cl2N4O2/c16-11-5-4-10(7-12(11)17)19-15-21-20-14(23-15)9-3-1-2-8(6-9)13(18)22/h1-7H,(H2,18,22)(H,19,21). The Morgan fingerprint density at radius 2 is 1.91 bits per heavy atom. The smallest absolute Gasteiger partial charge is 0.320 e. The van der Waals surface area contributed by atoms with Crippen LogP contribution in [0.15, 0.2) is 46.9 Å². The van der Waals surface area contributed by atoms with Crippen molar-refractivity contribution in [3.05, 3.63) is 58.1 Å². The molecule has 0 aliphatic carbocycles. The lowest BCUT2D eigenvalue weighted by Gasteiger charge is -2.02. The topological polar surface area (TPSA) is 94.0 Å². The van der Waals surface area contributed by atoms with Crippen LogP contribution in [0.25, 0.3) is 11.5 Å². The molecule has 1 heterocycles. The maximum atomic E-state index is 11.2. The number of hydrogen-bond donors (Lipinski definition) is 2. The van der Waals surface area contributed by atoms with E-state index in [9.17, 15) is 4.79 Å². The van der Waals surface area contributed by atoms with Crippen molar-refractivity contribution in [1.29, 1.82) is 0 Å². The Labute approximate surface area is 141 Å². The molecule has 0 saturated carbocycles. The van der Waals surface area contributed by atoms with Crippen LogP contribution in [0.5, 0.6) is 0 Å². The van der Waals surface area contributed by atoms with Crippen LogP contribution < -0.4 is 11.1 Å². The number of benzene rings is 2. The second kappa shape index (κ2) is 6.28. The number of aromatic nitrogens is 2. The first kappa shape index (κ1) is 15.3. The van der Waals surface area contributed by atoms with Gasteiger partial charge in [0.05, 0.1) is 10.0 Å². The number of nitrogens with one attached hydrogen (secondary N) is 1. The predicted octanol–water partition coefficient (Wildman–Crippen LogP) is 3.89. The SMILES string of the molecule is NC(=O)c1cccc(-c2nnc(Nc3ccc(Cl)c(Cl)c3)o2)c1. The molecule has 0 saturated heterocycles. The number of anilines is 2. The summed E-state index contributed by atoms with van der Waals surface area (Å²) in [7, 11) is 0. The largest absolute Gasteiger partial charge is 0.403 e. The fourth-order valence-electron chi connectivity index (χ4n) is 1.89. The second-order valence-corrected chi connectivity index (χ2v) is 5.43. The molecule has 0 atom stereocenters. The highest BCUT2D eigenvalue weighted by molar-refractivity contribution is 6.42. The number of carbonyl (C=O) groups excluding carboxylic acids is 1. The first-order valence-electron chi connectivity index (χ1n) is 6.49. The Kier molecular flexibility index (Phi) is 4.18. The van der Waals surface area contributed by atoms with Gasteiger partial charge < -0.3 is 15.5 Å². The van der Waals surface area contributed by atoms with Gasteiger partial charge in [-0.2, -0.15) is 0 Å². The summed E-state index contributed by atoms with van der Waals surface area (Å²) in [6.45, 7) is 0. The van der Waals surface area contributed by atoms with E-state index >= 15 is 0 Å². The minimum absolute atomic E-state index is 0.183. The normalized spacial score (nSPS) is 10.5. The zero-order valence-corrected chi connectivity index (χ0v) is 13.1. The summed E-state index contributed by atoms with van der Waals surface area (Å²) >= 11 is 11.8. The van der Waals surface area contributed by atoms with Crippen molar-refractivity contribution < 1.29 is 9.21 Å². The lowest BCUT2D eigenvalue weighted by atomic mass is 10.1. The second-order valence-electron chi connectivity index (χ2n) is 4.61. The average molecular weight is 349 g/mol. The summed E-state index contributed by atoms with van der Waals surface area (Å²) in [6.07, 6.45) is 0. The number of rotatable bonds is 4. The van der Waals surface area contributed by atoms with E-state index < -0.39 is 5.91 Å². The van der Waals surface area contributed by atoms with Gasteiger partial charge in [0, 0.05) is 16.8 Å². The van der Waals surface area contributed by atoms with E-state index in [1.807, 2.05) is 0 Å². The van der Waals surface area contributed by atoms with Crippen LogP contribution in [-0.2, 0) is 0 Å². The molecule has 116 valence electrons. The first-order chi connectivity index (χ1) is 11.0. The Morgan fingerprint density at radius 1 is 1.09 bits per heavy atom. The molecule has 3 aromatic rings. The van der Waals surface area contributed by atoms with E-state index in [4.69, 9.17) is 33.4 Å². The molecular formula is C15H10Cl2N4O2. The molecule has 1 amide bonds. The van der Waals surface area contributed by atoms with Crippen LogP contribution in [0.3, 0.4) is 0 Å². The van der Waals surface area contributed by atoms with Crippen LogP contribution in [0.1, 0.15) is 10.4 Å². The Morgan fingerprint density at radius 3 is 2.65 bits per heavy atom. The van der Waals surface area contributed by atoms with E-state index in [1.165, 1.54) is 0 Å². The lowest BCUT2D eigenvalue weighted by Crippen LogP contribution is -2.10. The molecule has 23 heavy (non-hydrogen) atoms. The number of amides is 1. The third kappa shape index (κ3) is 3.44. The maximum Gasteiger partial charge on any atom is 0.320 e. The number of primary amides is 1. The minimum Gasteiger partial charge on any atom is -0.403 e. The Hall–Kier alpha value is -2.57. The molecule has 0 aliphatic rings. The third-order valence-corrected chi connectivity index (χ3v) is 3.73. The lowest BCUT2D eigenvalue weighted by molar-refractivity contribution is 0.100. The molecule has 0 radical (unpaired) electrons. The molecule has 0 fully saturated rings. The van der Waals surface area contributed by atoms with Crippen molar-refractivity contribution in [2.45, 2.75) is 0 Å². The van der Waals surface area contributed by atoms with Gasteiger partial charge in [-0.05, 0) is 36.4 Å². The molecule has 3 rings (SSSR count). The Balaban J connectivity index is 1.84.